The summed E-state index contributed by atoms with van der Waals surface area (Å²) in [6.45, 7) is 7.42. The maximum absolute atomic E-state index is 12.8. The molecule has 1 aromatic rings. The van der Waals surface area contributed by atoms with Crippen molar-refractivity contribution in [3.8, 4) is 0 Å². The van der Waals surface area contributed by atoms with Crippen LogP contribution in [0.1, 0.15) is 36.5 Å². The van der Waals surface area contributed by atoms with Gasteiger partial charge in [-0.15, -0.1) is 11.8 Å². The molecule has 1 N–H and O–H groups in total. The molecule has 2 saturated heterocycles. The van der Waals surface area contributed by atoms with Crippen molar-refractivity contribution in [2.45, 2.75) is 43.6 Å². The predicted octanol–water partition coefficient (Wildman–Crippen LogP) is 2.62. The number of ketones is 1. The highest BCUT2D eigenvalue weighted by Gasteiger charge is 2.57. The van der Waals surface area contributed by atoms with Crippen LogP contribution in [0, 0.1) is 5.92 Å². The molecule has 8 heteroatoms. The maximum Gasteiger partial charge on any atom is 0.356 e. The van der Waals surface area contributed by atoms with Crippen LogP contribution in [0.2, 0.25) is 0 Å². The van der Waals surface area contributed by atoms with Crippen molar-refractivity contribution in [2.75, 3.05) is 26.2 Å². The molecular formula is C25H30N2O5S. The van der Waals surface area contributed by atoms with Crippen molar-refractivity contribution < 1.29 is 24.2 Å². The molecule has 2 fully saturated rings. The number of benzene rings is 1. The van der Waals surface area contributed by atoms with Crippen LogP contribution in [-0.4, -0.2) is 76.2 Å². The molecule has 0 radical (unpaired) electrons. The van der Waals surface area contributed by atoms with E-state index in [0.29, 0.717) is 30.6 Å². The second-order valence-corrected chi connectivity index (χ2v) is 10.1. The van der Waals surface area contributed by atoms with E-state index in [1.807, 2.05) is 37.3 Å². The minimum atomic E-state index is -0.709. The van der Waals surface area contributed by atoms with Gasteiger partial charge in [-0.05, 0) is 19.4 Å². The van der Waals surface area contributed by atoms with Gasteiger partial charge in [0.25, 0.3) is 0 Å². The first-order chi connectivity index (χ1) is 15.9. The van der Waals surface area contributed by atoms with Gasteiger partial charge in [-0.1, -0.05) is 49.9 Å². The zero-order valence-corrected chi connectivity index (χ0v) is 19.6. The summed E-state index contributed by atoms with van der Waals surface area (Å²) in [5.74, 6) is -1.11. The molecule has 176 valence electrons. The highest BCUT2D eigenvalue weighted by atomic mass is 32.2. The van der Waals surface area contributed by atoms with Gasteiger partial charge in [0.1, 0.15) is 12.3 Å². The zero-order valence-electron chi connectivity index (χ0n) is 18.8. The number of hydrogen-bond acceptors (Lipinski definition) is 7. The average Bonchev–Trinajstić information content (AvgIpc) is 3.40. The van der Waals surface area contributed by atoms with Gasteiger partial charge in [-0.25, -0.2) is 4.79 Å². The van der Waals surface area contributed by atoms with Gasteiger partial charge >= 0.3 is 5.97 Å². The molecule has 4 atom stereocenters. The van der Waals surface area contributed by atoms with Crippen LogP contribution in [0.3, 0.4) is 0 Å². The first-order valence-electron chi connectivity index (χ1n) is 11.4. The first kappa shape index (κ1) is 23.7. The van der Waals surface area contributed by atoms with E-state index in [0.717, 1.165) is 24.4 Å². The van der Waals surface area contributed by atoms with Gasteiger partial charge in [0.15, 0.2) is 5.78 Å². The molecule has 7 nitrogen and oxygen atoms in total. The van der Waals surface area contributed by atoms with Crippen molar-refractivity contribution >= 4 is 29.4 Å². The van der Waals surface area contributed by atoms with Crippen LogP contribution in [0.5, 0.6) is 0 Å². The Kier molecular flexibility index (Phi) is 7.36. The fourth-order valence-electron chi connectivity index (χ4n) is 4.83. The van der Waals surface area contributed by atoms with Gasteiger partial charge in [-0.3, -0.25) is 14.5 Å². The quantitative estimate of drug-likeness (QED) is 0.243. The standard InChI is InChI=1S/C25H30N2O5S/c1-3-12-32-25(31)23-21(13-18-22(19(28)4-2)24(30)27(18)23)33-17-10-11-26(14-17)15-20(29)16-8-6-5-7-9-16/h3,5-9,17-19,22,28H,1,4,10-15H2,2H3/t17-,18+,19-,22+/m0/s1. The van der Waals surface area contributed by atoms with E-state index in [9.17, 15) is 19.5 Å². The molecule has 0 spiro atoms. The van der Waals surface area contributed by atoms with E-state index in [2.05, 4.69) is 11.5 Å². The van der Waals surface area contributed by atoms with Gasteiger partial charge in [0.2, 0.25) is 5.91 Å². The van der Waals surface area contributed by atoms with E-state index in [1.165, 1.54) is 11.0 Å². The minimum absolute atomic E-state index is 0.0762. The Bertz CT molecular complexity index is 963. The number of amides is 1. The summed E-state index contributed by atoms with van der Waals surface area (Å²) in [5.41, 5.74) is 1.03. The number of likely N-dealkylation sites (tertiary alicyclic amines) is 1. The van der Waals surface area contributed by atoms with E-state index < -0.39 is 18.0 Å². The van der Waals surface area contributed by atoms with Crippen LogP contribution in [-0.2, 0) is 14.3 Å². The maximum atomic E-state index is 12.8. The molecule has 1 amide bonds. The lowest BCUT2D eigenvalue weighted by Gasteiger charge is -2.45. The summed E-state index contributed by atoms with van der Waals surface area (Å²) in [6.07, 6.45) is 2.73. The van der Waals surface area contributed by atoms with E-state index in [1.54, 1.807) is 11.8 Å². The molecule has 0 aromatic heterocycles. The molecule has 0 aliphatic carbocycles. The van der Waals surface area contributed by atoms with Crippen LogP contribution in [0.4, 0.5) is 0 Å². The van der Waals surface area contributed by atoms with Crippen LogP contribution in [0.25, 0.3) is 0 Å². The third kappa shape index (κ3) is 4.78. The van der Waals surface area contributed by atoms with E-state index in [4.69, 9.17) is 4.74 Å². The lowest BCUT2D eigenvalue weighted by molar-refractivity contribution is -0.162. The smallest absolute Gasteiger partial charge is 0.356 e. The van der Waals surface area contributed by atoms with Gasteiger partial charge in [0, 0.05) is 28.7 Å². The summed E-state index contributed by atoms with van der Waals surface area (Å²) >= 11 is 1.61. The average molecular weight is 471 g/mol. The van der Waals surface area contributed by atoms with Crippen molar-refractivity contribution in [3.63, 3.8) is 0 Å². The lowest BCUT2D eigenvalue weighted by atomic mass is 9.82. The number of β-lactam (4-membered cyclic amide) rings is 1. The number of esters is 1. The van der Waals surface area contributed by atoms with Gasteiger partial charge in [-0.2, -0.15) is 0 Å². The Morgan fingerprint density at radius 2 is 2.09 bits per heavy atom. The summed E-state index contributed by atoms with van der Waals surface area (Å²) < 4.78 is 5.28. The molecule has 0 saturated carbocycles. The fraction of sp³-hybridized carbons (Fsp3) is 0.480. The number of carbonyl (C=O) groups excluding carboxylic acids is 3. The SMILES string of the molecule is C=CCOC(=O)C1=C(S[C@H]2CCN(CC(=O)c3ccccc3)C2)C[C@@H]2[C@H]([C@@H](O)CC)C(=O)N12. The number of hydrogen-bond donors (Lipinski definition) is 1. The van der Waals surface area contributed by atoms with Crippen molar-refractivity contribution in [1.29, 1.82) is 0 Å². The third-order valence-corrected chi connectivity index (χ3v) is 7.89. The summed E-state index contributed by atoms with van der Waals surface area (Å²) in [6, 6.07) is 9.09. The number of aliphatic hydroxyl groups is 1. The second-order valence-electron chi connectivity index (χ2n) is 8.69. The number of rotatable bonds is 10. The third-order valence-electron chi connectivity index (χ3n) is 6.53. The van der Waals surface area contributed by atoms with Gasteiger partial charge in [0.05, 0.1) is 24.6 Å². The Hall–Kier alpha value is -2.42. The van der Waals surface area contributed by atoms with Crippen LogP contribution < -0.4 is 0 Å². The zero-order chi connectivity index (χ0) is 23.5. The Morgan fingerprint density at radius 3 is 2.79 bits per heavy atom. The van der Waals surface area contributed by atoms with E-state index >= 15 is 0 Å². The van der Waals surface area contributed by atoms with Gasteiger partial charge < -0.3 is 14.7 Å². The van der Waals surface area contributed by atoms with Crippen molar-refractivity contribution in [3.05, 3.63) is 59.2 Å². The Morgan fingerprint density at radius 1 is 1.33 bits per heavy atom. The molecule has 0 unspecified atom stereocenters. The van der Waals surface area contributed by atoms with Crippen molar-refractivity contribution in [1.82, 2.24) is 9.80 Å². The Labute approximate surface area is 198 Å². The van der Waals surface area contributed by atoms with Crippen LogP contribution >= 0.6 is 11.8 Å². The van der Waals surface area contributed by atoms with Crippen LogP contribution in [0.15, 0.2) is 53.6 Å². The highest BCUT2D eigenvalue weighted by Crippen LogP contribution is 2.49. The highest BCUT2D eigenvalue weighted by molar-refractivity contribution is 8.03. The number of fused-ring (bicyclic) bond motifs is 1. The molecule has 0 bridgehead atoms. The number of thioether (sulfide) groups is 1. The number of aliphatic hydroxyl groups excluding tert-OH is 1. The number of Topliss-reactive ketones (excluding diaryl/α,β-unsaturated/α-hetero) is 1. The molecule has 3 aliphatic rings. The number of carbonyl (C=O) groups is 3. The summed E-state index contributed by atoms with van der Waals surface area (Å²) in [5, 5.41) is 10.5. The molecule has 3 aliphatic heterocycles. The Balaban J connectivity index is 1.43. The lowest BCUT2D eigenvalue weighted by Crippen LogP contribution is -2.62. The molecule has 3 heterocycles. The van der Waals surface area contributed by atoms with E-state index in [-0.39, 0.29) is 29.6 Å². The second kappa shape index (κ2) is 10.2. The van der Waals surface area contributed by atoms with Crippen molar-refractivity contribution in [2.24, 2.45) is 5.92 Å². The number of nitrogens with zero attached hydrogens (tertiary/aromatic N) is 2. The fourth-order valence-corrected chi connectivity index (χ4v) is 6.30. The first-order valence-corrected chi connectivity index (χ1v) is 12.3. The minimum Gasteiger partial charge on any atom is -0.457 e. The predicted molar refractivity (Wildman–Crippen MR) is 126 cm³/mol. The number of ether oxygens (including phenoxy) is 1. The largest absolute Gasteiger partial charge is 0.457 e. The molecule has 33 heavy (non-hydrogen) atoms. The molecule has 1 aromatic carbocycles. The topological polar surface area (TPSA) is 87.1 Å². The summed E-state index contributed by atoms with van der Waals surface area (Å²) in [7, 11) is 0. The summed E-state index contributed by atoms with van der Waals surface area (Å²) in [4.78, 5) is 42.6. The monoisotopic (exact) mass is 470 g/mol. The molecular weight excluding hydrogens is 440 g/mol. The molecule has 4 rings (SSSR count). The normalized spacial score (nSPS) is 25.6.